The SMILES string of the molecule is O=C(NCc1ccccc1F)[C@H]1CCCCN1S(=O)(=O)c1ccc(Cl)cc1. The zero-order valence-electron chi connectivity index (χ0n) is 14.6. The summed E-state index contributed by atoms with van der Waals surface area (Å²) in [6.45, 7) is 0.277. The van der Waals surface area contributed by atoms with Crippen LogP contribution in [0.1, 0.15) is 24.8 Å². The third-order valence-electron chi connectivity index (χ3n) is 4.59. The highest BCUT2D eigenvalue weighted by molar-refractivity contribution is 7.89. The fourth-order valence-corrected chi connectivity index (χ4v) is 4.92. The molecular formula is C19H20ClFN2O3S. The Morgan fingerprint density at radius 1 is 1.15 bits per heavy atom. The highest BCUT2D eigenvalue weighted by Gasteiger charge is 2.37. The van der Waals surface area contributed by atoms with Crippen LogP contribution >= 0.6 is 11.6 Å². The van der Waals surface area contributed by atoms with Crippen LogP contribution in [0.5, 0.6) is 0 Å². The number of carbonyl (C=O) groups excluding carboxylic acids is 1. The van der Waals surface area contributed by atoms with E-state index < -0.39 is 27.8 Å². The van der Waals surface area contributed by atoms with Crippen molar-refractivity contribution in [2.45, 2.75) is 36.7 Å². The number of piperidine rings is 1. The fourth-order valence-electron chi connectivity index (χ4n) is 3.14. The van der Waals surface area contributed by atoms with Gasteiger partial charge in [0.2, 0.25) is 15.9 Å². The molecule has 0 saturated carbocycles. The van der Waals surface area contributed by atoms with Crippen molar-refractivity contribution in [2.24, 2.45) is 0 Å². The first kappa shape index (κ1) is 19.8. The van der Waals surface area contributed by atoms with Crippen LogP contribution in [-0.4, -0.2) is 31.2 Å². The molecule has 1 amide bonds. The van der Waals surface area contributed by atoms with Gasteiger partial charge in [-0.3, -0.25) is 4.79 Å². The third kappa shape index (κ3) is 4.48. The van der Waals surface area contributed by atoms with Crippen LogP contribution in [0.3, 0.4) is 0 Å². The molecule has 0 aliphatic carbocycles. The lowest BCUT2D eigenvalue weighted by molar-refractivity contribution is -0.125. The molecule has 1 aliphatic heterocycles. The number of sulfonamides is 1. The van der Waals surface area contributed by atoms with E-state index in [0.29, 0.717) is 23.4 Å². The summed E-state index contributed by atoms with van der Waals surface area (Å²) in [4.78, 5) is 12.8. The predicted molar refractivity (Wildman–Crippen MR) is 101 cm³/mol. The van der Waals surface area contributed by atoms with E-state index in [4.69, 9.17) is 11.6 Å². The van der Waals surface area contributed by atoms with Gasteiger partial charge in [0.05, 0.1) is 4.90 Å². The topological polar surface area (TPSA) is 66.5 Å². The van der Waals surface area contributed by atoms with E-state index in [1.165, 1.54) is 34.6 Å². The lowest BCUT2D eigenvalue weighted by atomic mass is 10.0. The Morgan fingerprint density at radius 2 is 1.85 bits per heavy atom. The summed E-state index contributed by atoms with van der Waals surface area (Å²) in [7, 11) is -3.82. The third-order valence-corrected chi connectivity index (χ3v) is 6.76. The van der Waals surface area contributed by atoms with Gasteiger partial charge in [0.1, 0.15) is 11.9 Å². The maximum atomic E-state index is 13.7. The molecule has 144 valence electrons. The average Bonchev–Trinajstić information content (AvgIpc) is 2.67. The van der Waals surface area contributed by atoms with Crippen molar-refractivity contribution in [2.75, 3.05) is 6.54 Å². The summed E-state index contributed by atoms with van der Waals surface area (Å²) in [6.07, 6.45) is 1.87. The molecule has 2 aromatic carbocycles. The number of hydrogen-bond donors (Lipinski definition) is 1. The van der Waals surface area contributed by atoms with E-state index >= 15 is 0 Å². The molecule has 0 aromatic heterocycles. The summed E-state index contributed by atoms with van der Waals surface area (Å²) in [6, 6.07) is 11.2. The summed E-state index contributed by atoms with van der Waals surface area (Å²) in [5, 5.41) is 3.10. The van der Waals surface area contributed by atoms with Gasteiger partial charge in [0.25, 0.3) is 0 Å². The molecule has 0 spiro atoms. The Kier molecular flexibility index (Phi) is 6.14. The van der Waals surface area contributed by atoms with E-state index in [2.05, 4.69) is 5.32 Å². The minimum absolute atomic E-state index is 0.0108. The minimum atomic E-state index is -3.82. The molecule has 5 nitrogen and oxygen atoms in total. The van der Waals surface area contributed by atoms with Gasteiger partial charge in [0.15, 0.2) is 0 Å². The number of carbonyl (C=O) groups is 1. The number of nitrogens with zero attached hydrogens (tertiary/aromatic N) is 1. The summed E-state index contributed by atoms with van der Waals surface area (Å²) in [5.41, 5.74) is 0.355. The standard InChI is InChI=1S/C19H20ClFN2O3S/c20-15-8-10-16(11-9-15)27(25,26)23-12-4-3-7-18(23)19(24)22-13-14-5-1-2-6-17(14)21/h1-2,5-6,8-11,18H,3-4,7,12-13H2,(H,22,24)/t18-/m1/s1. The van der Waals surface area contributed by atoms with Crippen LogP contribution in [0.2, 0.25) is 5.02 Å². The molecule has 27 heavy (non-hydrogen) atoms. The normalized spacial score (nSPS) is 18.2. The Bertz CT molecular complexity index is 919. The number of nitrogens with one attached hydrogen (secondary N) is 1. The molecule has 1 fully saturated rings. The molecule has 0 unspecified atom stereocenters. The van der Waals surface area contributed by atoms with Gasteiger partial charge in [-0.1, -0.05) is 36.2 Å². The van der Waals surface area contributed by atoms with Crippen LogP contribution in [-0.2, 0) is 21.4 Å². The second-order valence-corrected chi connectivity index (χ2v) is 8.72. The molecule has 1 aliphatic rings. The molecule has 0 radical (unpaired) electrons. The van der Waals surface area contributed by atoms with Crippen molar-refractivity contribution >= 4 is 27.5 Å². The second kappa shape index (κ2) is 8.37. The number of benzene rings is 2. The molecule has 1 heterocycles. The van der Waals surface area contributed by atoms with Gasteiger partial charge in [-0.25, -0.2) is 12.8 Å². The van der Waals surface area contributed by atoms with Crippen molar-refractivity contribution in [3.63, 3.8) is 0 Å². The van der Waals surface area contributed by atoms with Crippen LogP contribution in [0.25, 0.3) is 0 Å². The molecule has 1 atom stereocenters. The monoisotopic (exact) mass is 410 g/mol. The summed E-state index contributed by atoms with van der Waals surface area (Å²) in [5.74, 6) is -0.831. The average molecular weight is 411 g/mol. The molecule has 8 heteroatoms. The minimum Gasteiger partial charge on any atom is -0.351 e. The van der Waals surface area contributed by atoms with E-state index in [1.54, 1.807) is 18.2 Å². The Balaban J connectivity index is 1.77. The second-order valence-electron chi connectivity index (χ2n) is 6.39. The lowest BCUT2D eigenvalue weighted by Gasteiger charge is -2.33. The largest absolute Gasteiger partial charge is 0.351 e. The van der Waals surface area contributed by atoms with E-state index in [1.807, 2.05) is 0 Å². The molecule has 3 rings (SSSR count). The smallest absolute Gasteiger partial charge is 0.243 e. The summed E-state index contributed by atoms with van der Waals surface area (Å²) < 4.78 is 40.9. The molecule has 1 N–H and O–H groups in total. The van der Waals surface area contributed by atoms with E-state index in [-0.39, 0.29) is 18.0 Å². The van der Waals surface area contributed by atoms with Crippen molar-refractivity contribution in [1.82, 2.24) is 9.62 Å². The first-order chi connectivity index (χ1) is 12.9. The van der Waals surface area contributed by atoms with Crippen LogP contribution in [0.4, 0.5) is 4.39 Å². The first-order valence-electron chi connectivity index (χ1n) is 8.68. The van der Waals surface area contributed by atoms with Gasteiger partial charge in [-0.05, 0) is 43.2 Å². The molecule has 1 saturated heterocycles. The van der Waals surface area contributed by atoms with Crippen molar-refractivity contribution in [3.8, 4) is 0 Å². The predicted octanol–water partition coefficient (Wildman–Crippen LogP) is 3.34. The van der Waals surface area contributed by atoms with E-state index in [9.17, 15) is 17.6 Å². The molecular weight excluding hydrogens is 391 g/mol. The van der Waals surface area contributed by atoms with Crippen LogP contribution in [0.15, 0.2) is 53.4 Å². The fraction of sp³-hybridized carbons (Fsp3) is 0.316. The maximum Gasteiger partial charge on any atom is 0.243 e. The number of hydrogen-bond acceptors (Lipinski definition) is 3. The van der Waals surface area contributed by atoms with E-state index in [0.717, 1.165) is 6.42 Å². The van der Waals surface area contributed by atoms with Crippen molar-refractivity contribution < 1.29 is 17.6 Å². The van der Waals surface area contributed by atoms with Gasteiger partial charge < -0.3 is 5.32 Å². The zero-order valence-corrected chi connectivity index (χ0v) is 16.1. The van der Waals surface area contributed by atoms with Gasteiger partial charge in [-0.2, -0.15) is 4.31 Å². The Hall–Kier alpha value is -1.96. The van der Waals surface area contributed by atoms with Gasteiger partial charge in [-0.15, -0.1) is 0 Å². The Morgan fingerprint density at radius 3 is 2.56 bits per heavy atom. The number of rotatable bonds is 5. The van der Waals surface area contributed by atoms with Crippen molar-refractivity contribution in [3.05, 3.63) is 64.9 Å². The van der Waals surface area contributed by atoms with Crippen molar-refractivity contribution in [1.29, 1.82) is 0 Å². The highest BCUT2D eigenvalue weighted by atomic mass is 35.5. The molecule has 2 aromatic rings. The Labute approximate surface area is 163 Å². The summed E-state index contributed by atoms with van der Waals surface area (Å²) >= 11 is 5.84. The highest BCUT2D eigenvalue weighted by Crippen LogP contribution is 2.26. The maximum absolute atomic E-state index is 13.7. The lowest BCUT2D eigenvalue weighted by Crippen LogP contribution is -2.51. The van der Waals surface area contributed by atoms with Gasteiger partial charge >= 0.3 is 0 Å². The quantitative estimate of drug-likeness (QED) is 0.822. The number of amides is 1. The van der Waals surface area contributed by atoms with Gasteiger partial charge in [0, 0.05) is 23.7 Å². The molecule has 0 bridgehead atoms. The van der Waals surface area contributed by atoms with Crippen LogP contribution < -0.4 is 5.32 Å². The first-order valence-corrected chi connectivity index (χ1v) is 10.5. The zero-order chi connectivity index (χ0) is 19.4. The number of halogens is 2. The van der Waals surface area contributed by atoms with Crippen LogP contribution in [0, 0.1) is 5.82 Å².